The molecule has 0 aliphatic heterocycles. The van der Waals surface area contributed by atoms with E-state index in [0.717, 1.165) is 29.7 Å². The fraction of sp³-hybridized carbons (Fsp3) is 0.786. The minimum Gasteiger partial charge on any atom is -0.384 e. The minimum absolute atomic E-state index is 0.666. The molecule has 4 nitrogen and oxygen atoms in total. The average molecular weight is 330 g/mol. The first kappa shape index (κ1) is 15.0. The summed E-state index contributed by atoms with van der Waals surface area (Å²) in [7, 11) is 4.09. The van der Waals surface area contributed by atoms with E-state index in [9.17, 15) is 5.11 Å². The first-order valence-corrected chi connectivity index (χ1v) is 7.78. The highest BCUT2D eigenvalue weighted by atomic mass is 79.9. The Morgan fingerprint density at radius 3 is 2.74 bits per heavy atom. The summed E-state index contributed by atoms with van der Waals surface area (Å²) in [5.74, 6) is 0.666. The van der Waals surface area contributed by atoms with Crippen LogP contribution in [0.2, 0.25) is 0 Å². The third-order valence-electron chi connectivity index (χ3n) is 3.97. The van der Waals surface area contributed by atoms with Gasteiger partial charge in [0.15, 0.2) is 0 Å². The van der Waals surface area contributed by atoms with Gasteiger partial charge >= 0.3 is 0 Å². The summed E-state index contributed by atoms with van der Waals surface area (Å²) >= 11 is 3.53. The Morgan fingerprint density at radius 2 is 2.21 bits per heavy atom. The highest BCUT2D eigenvalue weighted by Crippen LogP contribution is 2.39. The van der Waals surface area contributed by atoms with Crippen LogP contribution in [-0.4, -0.2) is 40.4 Å². The molecule has 1 aliphatic rings. The van der Waals surface area contributed by atoms with E-state index in [1.807, 2.05) is 25.7 Å². The standard InChI is InChI=1S/C14H24BrN3O/c1-14(19,9-11-5-4-6-11)13-12(15)10-16-18(13)8-7-17(2)3/h10-11,19H,4-9H2,1-3H3. The van der Waals surface area contributed by atoms with Gasteiger partial charge in [0.2, 0.25) is 0 Å². The van der Waals surface area contributed by atoms with Gasteiger partial charge in [0.25, 0.3) is 0 Å². The van der Waals surface area contributed by atoms with Crippen LogP contribution in [0.4, 0.5) is 0 Å². The van der Waals surface area contributed by atoms with E-state index in [1.165, 1.54) is 19.3 Å². The Bertz CT molecular complexity index is 424. The third-order valence-corrected chi connectivity index (χ3v) is 4.56. The first-order chi connectivity index (χ1) is 8.90. The fourth-order valence-electron chi connectivity index (χ4n) is 2.72. The molecule has 1 fully saturated rings. The van der Waals surface area contributed by atoms with Crippen molar-refractivity contribution >= 4 is 15.9 Å². The van der Waals surface area contributed by atoms with E-state index < -0.39 is 5.60 Å². The van der Waals surface area contributed by atoms with Crippen LogP contribution in [0.1, 0.15) is 38.3 Å². The molecule has 2 rings (SSSR count). The van der Waals surface area contributed by atoms with Gasteiger partial charge in [-0.15, -0.1) is 0 Å². The summed E-state index contributed by atoms with van der Waals surface area (Å²) in [6, 6.07) is 0. The number of aromatic nitrogens is 2. The molecule has 1 aromatic rings. The molecule has 1 aromatic heterocycles. The maximum atomic E-state index is 10.8. The van der Waals surface area contributed by atoms with Crippen LogP contribution < -0.4 is 0 Å². The van der Waals surface area contributed by atoms with Gasteiger partial charge in [-0.3, -0.25) is 4.68 Å². The Kier molecular flexibility index (Phi) is 4.69. The summed E-state index contributed by atoms with van der Waals surface area (Å²) in [5.41, 5.74) is 0.119. The van der Waals surface area contributed by atoms with Gasteiger partial charge in [0.1, 0.15) is 5.60 Å². The molecule has 108 valence electrons. The smallest absolute Gasteiger partial charge is 0.105 e. The Labute approximate surface area is 123 Å². The maximum absolute atomic E-state index is 10.8. The summed E-state index contributed by atoms with van der Waals surface area (Å²) in [6.07, 6.45) is 6.43. The molecule has 1 atom stereocenters. The predicted molar refractivity (Wildman–Crippen MR) is 80.0 cm³/mol. The predicted octanol–water partition coefficient (Wildman–Crippen LogP) is 2.60. The molecular weight excluding hydrogens is 306 g/mol. The second-order valence-electron chi connectivity index (χ2n) is 6.14. The number of likely N-dealkylation sites (N-methyl/N-ethyl adjacent to an activating group) is 1. The largest absolute Gasteiger partial charge is 0.384 e. The highest BCUT2D eigenvalue weighted by molar-refractivity contribution is 9.10. The first-order valence-electron chi connectivity index (χ1n) is 6.99. The Morgan fingerprint density at radius 1 is 1.53 bits per heavy atom. The second kappa shape index (κ2) is 5.94. The van der Waals surface area contributed by atoms with E-state index in [0.29, 0.717) is 5.92 Å². The van der Waals surface area contributed by atoms with Gasteiger partial charge in [0.05, 0.1) is 22.9 Å². The number of nitrogens with zero attached hydrogens (tertiary/aromatic N) is 3. The lowest BCUT2D eigenvalue weighted by molar-refractivity contribution is 0.00728. The van der Waals surface area contributed by atoms with Crippen LogP contribution in [0.5, 0.6) is 0 Å². The van der Waals surface area contributed by atoms with E-state index in [4.69, 9.17) is 0 Å². The van der Waals surface area contributed by atoms with Crippen molar-refractivity contribution in [3.8, 4) is 0 Å². The number of rotatable bonds is 6. The van der Waals surface area contributed by atoms with Crippen LogP contribution in [-0.2, 0) is 12.1 Å². The van der Waals surface area contributed by atoms with E-state index in [1.54, 1.807) is 6.20 Å². The Hall–Kier alpha value is -0.390. The number of hydrogen-bond donors (Lipinski definition) is 1. The molecule has 0 bridgehead atoms. The normalized spacial score (nSPS) is 19.5. The van der Waals surface area contributed by atoms with Crippen LogP contribution >= 0.6 is 15.9 Å². The molecule has 1 saturated carbocycles. The van der Waals surface area contributed by atoms with Crippen molar-refractivity contribution < 1.29 is 5.11 Å². The van der Waals surface area contributed by atoms with Gasteiger partial charge in [-0.25, -0.2) is 0 Å². The highest BCUT2D eigenvalue weighted by Gasteiger charge is 2.34. The Balaban J connectivity index is 2.14. The lowest BCUT2D eigenvalue weighted by Gasteiger charge is -2.34. The molecular formula is C14H24BrN3O. The van der Waals surface area contributed by atoms with Crippen LogP contribution in [0, 0.1) is 5.92 Å². The number of hydrogen-bond acceptors (Lipinski definition) is 3. The van der Waals surface area contributed by atoms with Crippen LogP contribution in [0.25, 0.3) is 0 Å². The zero-order valence-electron chi connectivity index (χ0n) is 12.1. The van der Waals surface area contributed by atoms with E-state index in [-0.39, 0.29) is 0 Å². The third kappa shape index (κ3) is 3.58. The molecule has 1 unspecified atom stereocenters. The molecule has 19 heavy (non-hydrogen) atoms. The van der Waals surface area contributed by atoms with E-state index in [2.05, 4.69) is 25.9 Å². The van der Waals surface area contributed by atoms with Gasteiger partial charge in [0, 0.05) is 6.54 Å². The zero-order valence-corrected chi connectivity index (χ0v) is 13.7. The maximum Gasteiger partial charge on any atom is 0.105 e. The summed E-state index contributed by atoms with van der Waals surface area (Å²) in [6.45, 7) is 3.63. The van der Waals surface area contributed by atoms with Crippen LogP contribution in [0.3, 0.4) is 0 Å². The van der Waals surface area contributed by atoms with Crippen molar-refractivity contribution in [2.75, 3.05) is 20.6 Å². The minimum atomic E-state index is -0.799. The molecule has 5 heteroatoms. The van der Waals surface area contributed by atoms with Crippen molar-refractivity contribution in [3.63, 3.8) is 0 Å². The summed E-state index contributed by atoms with van der Waals surface area (Å²) in [4.78, 5) is 2.13. The summed E-state index contributed by atoms with van der Waals surface area (Å²) < 4.78 is 2.85. The lowest BCUT2D eigenvalue weighted by atomic mass is 9.77. The molecule has 1 heterocycles. The average Bonchev–Trinajstić information content (AvgIpc) is 2.63. The summed E-state index contributed by atoms with van der Waals surface area (Å²) in [5, 5.41) is 15.2. The fourth-order valence-corrected chi connectivity index (χ4v) is 3.44. The van der Waals surface area contributed by atoms with Crippen molar-refractivity contribution in [1.82, 2.24) is 14.7 Å². The molecule has 1 N–H and O–H groups in total. The molecule has 0 saturated heterocycles. The quantitative estimate of drug-likeness (QED) is 0.872. The lowest BCUT2D eigenvalue weighted by Crippen LogP contribution is -2.32. The number of halogens is 1. The van der Waals surface area contributed by atoms with E-state index >= 15 is 0 Å². The molecule has 0 amide bonds. The molecule has 1 aliphatic carbocycles. The van der Waals surface area contributed by atoms with Gasteiger partial charge in [-0.1, -0.05) is 19.3 Å². The SMILES string of the molecule is CN(C)CCn1ncc(Br)c1C(C)(O)CC1CCC1. The topological polar surface area (TPSA) is 41.3 Å². The van der Waals surface area contributed by atoms with Crippen molar-refractivity contribution in [2.24, 2.45) is 5.92 Å². The van der Waals surface area contributed by atoms with Crippen LogP contribution in [0.15, 0.2) is 10.7 Å². The van der Waals surface area contributed by atoms with Gasteiger partial charge < -0.3 is 10.0 Å². The number of aliphatic hydroxyl groups is 1. The van der Waals surface area contributed by atoms with Crippen molar-refractivity contribution in [2.45, 2.75) is 44.8 Å². The monoisotopic (exact) mass is 329 g/mol. The molecule has 0 radical (unpaired) electrons. The second-order valence-corrected chi connectivity index (χ2v) is 7.00. The van der Waals surface area contributed by atoms with Gasteiger partial charge in [-0.2, -0.15) is 5.10 Å². The van der Waals surface area contributed by atoms with Crippen molar-refractivity contribution in [1.29, 1.82) is 0 Å². The molecule has 0 spiro atoms. The van der Waals surface area contributed by atoms with Gasteiger partial charge in [-0.05, 0) is 49.3 Å². The van der Waals surface area contributed by atoms with Crippen molar-refractivity contribution in [3.05, 3.63) is 16.4 Å². The zero-order chi connectivity index (χ0) is 14.0. The molecule has 0 aromatic carbocycles.